The molecule has 2 heterocycles. The number of piperazine rings is 1. The van der Waals surface area contributed by atoms with Gasteiger partial charge < -0.3 is 9.64 Å². The highest BCUT2D eigenvalue weighted by Crippen LogP contribution is 2.28. The molecule has 3 rings (SSSR count). The number of pyridine rings is 1. The lowest BCUT2D eigenvalue weighted by molar-refractivity contribution is 0.255. The maximum absolute atomic E-state index is 8.92. The first kappa shape index (κ1) is 19.6. The predicted molar refractivity (Wildman–Crippen MR) is 111 cm³/mol. The molecule has 0 unspecified atom stereocenters. The number of nitriles is 1. The van der Waals surface area contributed by atoms with Gasteiger partial charge in [0.2, 0.25) is 0 Å². The van der Waals surface area contributed by atoms with Gasteiger partial charge in [-0.15, -0.1) is 0 Å². The number of rotatable bonds is 7. The third-order valence-corrected chi connectivity index (χ3v) is 4.78. The van der Waals surface area contributed by atoms with Crippen molar-refractivity contribution in [3.05, 3.63) is 54.4 Å². The van der Waals surface area contributed by atoms with Crippen molar-refractivity contribution in [2.24, 2.45) is 4.99 Å². The lowest BCUT2D eigenvalue weighted by atomic mass is 10.2. The summed E-state index contributed by atoms with van der Waals surface area (Å²) in [5.41, 5.74) is 1.85. The van der Waals surface area contributed by atoms with Crippen molar-refractivity contribution in [2.75, 3.05) is 51.3 Å². The highest BCUT2D eigenvalue weighted by Gasteiger charge is 2.19. The van der Waals surface area contributed by atoms with Crippen molar-refractivity contribution in [2.45, 2.75) is 6.42 Å². The van der Waals surface area contributed by atoms with Crippen LogP contribution in [0.5, 0.6) is 5.75 Å². The van der Waals surface area contributed by atoms with Gasteiger partial charge in [-0.2, -0.15) is 5.26 Å². The van der Waals surface area contributed by atoms with Crippen LogP contribution in [-0.2, 0) is 0 Å². The molecule has 0 radical (unpaired) electrons. The van der Waals surface area contributed by atoms with Gasteiger partial charge in [0.1, 0.15) is 11.4 Å². The molecule has 1 aromatic heterocycles. The monoisotopic (exact) mass is 377 g/mol. The summed E-state index contributed by atoms with van der Waals surface area (Å²) in [7, 11) is 1.72. The SMILES string of the molecule is [11CH3]Oc1ccccc1N1CCN(CCCN=C(NC#N)c2ccccn2)CC1. The van der Waals surface area contributed by atoms with Crippen molar-refractivity contribution < 1.29 is 4.74 Å². The minimum atomic E-state index is 0.532. The molecule has 1 aliphatic rings. The Balaban J connectivity index is 1.46. The highest BCUT2D eigenvalue weighted by atomic mass is 16.4. The molecule has 1 aromatic carbocycles. The van der Waals surface area contributed by atoms with Crippen LogP contribution < -0.4 is 15.0 Å². The number of nitrogens with one attached hydrogen (secondary N) is 1. The van der Waals surface area contributed by atoms with Crippen molar-refractivity contribution in [3.8, 4) is 11.9 Å². The molecule has 2 aromatic rings. The van der Waals surface area contributed by atoms with Gasteiger partial charge in [-0.25, -0.2) is 0 Å². The summed E-state index contributed by atoms with van der Waals surface area (Å²) in [5.74, 6) is 1.46. The molecule has 0 spiro atoms. The molecule has 1 aliphatic heterocycles. The van der Waals surface area contributed by atoms with Crippen LogP contribution in [0.2, 0.25) is 0 Å². The average Bonchev–Trinajstić information content (AvgIpc) is 2.77. The van der Waals surface area contributed by atoms with E-state index in [9.17, 15) is 0 Å². The molecular formula is C21H26N6O. The summed E-state index contributed by atoms with van der Waals surface area (Å²) >= 11 is 0. The average molecular weight is 377 g/mol. The van der Waals surface area contributed by atoms with E-state index in [0.717, 1.165) is 50.6 Å². The number of aromatic nitrogens is 1. The fourth-order valence-electron chi connectivity index (χ4n) is 3.33. The molecule has 0 atom stereocenters. The van der Waals surface area contributed by atoms with Gasteiger partial charge in [0, 0.05) is 45.5 Å². The number of nitrogens with zero attached hydrogens (tertiary/aromatic N) is 5. The van der Waals surface area contributed by atoms with Crippen LogP contribution in [0.1, 0.15) is 12.1 Å². The van der Waals surface area contributed by atoms with Crippen LogP contribution in [0, 0.1) is 11.5 Å². The zero-order chi connectivity index (χ0) is 19.6. The molecular weight excluding hydrogens is 351 g/mol. The summed E-state index contributed by atoms with van der Waals surface area (Å²) in [5, 5.41) is 11.6. The molecule has 146 valence electrons. The second-order valence-electron chi connectivity index (χ2n) is 6.54. The molecule has 0 saturated carbocycles. The molecule has 7 nitrogen and oxygen atoms in total. The maximum atomic E-state index is 8.92. The molecule has 1 saturated heterocycles. The largest absolute Gasteiger partial charge is 0.495 e. The maximum Gasteiger partial charge on any atom is 0.182 e. The number of ether oxygens (including phenoxy) is 1. The minimum absolute atomic E-state index is 0.532. The highest BCUT2D eigenvalue weighted by molar-refractivity contribution is 5.97. The van der Waals surface area contributed by atoms with E-state index in [0.29, 0.717) is 18.1 Å². The summed E-state index contributed by atoms with van der Waals surface area (Å²) in [4.78, 5) is 13.6. The molecule has 1 fully saturated rings. The quantitative estimate of drug-likeness (QED) is 0.262. The molecule has 1 N–H and O–H groups in total. The summed E-state index contributed by atoms with van der Waals surface area (Å²) in [6, 6.07) is 13.8. The van der Waals surface area contributed by atoms with Gasteiger partial charge in [-0.1, -0.05) is 18.2 Å². The Kier molecular flexibility index (Phi) is 7.21. The molecule has 0 aliphatic carbocycles. The third-order valence-electron chi connectivity index (χ3n) is 4.78. The van der Waals surface area contributed by atoms with Crippen molar-refractivity contribution in [3.63, 3.8) is 0 Å². The minimum Gasteiger partial charge on any atom is -0.495 e. The fraction of sp³-hybridized carbons (Fsp3) is 0.381. The third kappa shape index (κ3) is 5.21. The molecule has 7 heteroatoms. The van der Waals surface area contributed by atoms with E-state index in [1.165, 1.54) is 0 Å². The number of aliphatic imine (C=N–C) groups is 1. The van der Waals surface area contributed by atoms with Crippen LogP contribution in [0.4, 0.5) is 5.69 Å². The summed E-state index contributed by atoms with van der Waals surface area (Å²) in [6.07, 6.45) is 4.58. The summed E-state index contributed by atoms with van der Waals surface area (Å²) in [6.45, 7) is 5.66. The van der Waals surface area contributed by atoms with Gasteiger partial charge >= 0.3 is 0 Å². The summed E-state index contributed by atoms with van der Waals surface area (Å²) < 4.78 is 5.48. The number of benzene rings is 1. The van der Waals surface area contributed by atoms with Gasteiger partial charge in [0.15, 0.2) is 12.0 Å². The Hall–Kier alpha value is -3.11. The standard InChI is InChI=1S/C21H26N6O/c1-28-20-9-3-2-8-19(20)27-15-13-26(14-16-27)12-6-11-24-21(25-17-22)18-7-4-5-10-23-18/h2-5,7-10H,6,11-16H2,1H3,(H,24,25)/i1-1. The van der Waals surface area contributed by atoms with E-state index >= 15 is 0 Å². The lowest BCUT2D eigenvalue weighted by Crippen LogP contribution is -2.46. The van der Waals surface area contributed by atoms with Crippen molar-refractivity contribution >= 4 is 11.5 Å². The molecule has 28 heavy (non-hydrogen) atoms. The smallest absolute Gasteiger partial charge is 0.182 e. The first-order chi connectivity index (χ1) is 13.8. The van der Waals surface area contributed by atoms with E-state index in [4.69, 9.17) is 10.00 Å². The Bertz CT molecular complexity index is 809. The second-order valence-corrected chi connectivity index (χ2v) is 6.54. The van der Waals surface area contributed by atoms with Crippen LogP contribution in [0.25, 0.3) is 0 Å². The van der Waals surface area contributed by atoms with Crippen LogP contribution >= 0.6 is 0 Å². The number of hydrogen-bond acceptors (Lipinski definition) is 6. The Morgan fingerprint density at radius 3 is 2.68 bits per heavy atom. The van der Waals surface area contributed by atoms with Crippen LogP contribution in [-0.4, -0.2) is 62.1 Å². The van der Waals surface area contributed by atoms with Crippen molar-refractivity contribution in [1.29, 1.82) is 5.26 Å². The van der Waals surface area contributed by atoms with E-state index in [2.05, 4.69) is 37.2 Å². The Morgan fingerprint density at radius 2 is 1.96 bits per heavy atom. The van der Waals surface area contributed by atoms with Gasteiger partial charge in [0.05, 0.1) is 12.8 Å². The van der Waals surface area contributed by atoms with Crippen LogP contribution in [0.15, 0.2) is 53.7 Å². The van der Waals surface area contributed by atoms with Crippen LogP contribution in [0.3, 0.4) is 0 Å². The number of para-hydroxylation sites is 2. The lowest BCUT2D eigenvalue weighted by Gasteiger charge is -2.36. The Labute approximate surface area is 166 Å². The Morgan fingerprint density at radius 1 is 1.18 bits per heavy atom. The van der Waals surface area contributed by atoms with Gasteiger partial charge in [0.25, 0.3) is 0 Å². The molecule has 0 bridgehead atoms. The van der Waals surface area contributed by atoms with Gasteiger partial charge in [-0.05, 0) is 30.7 Å². The zero-order valence-corrected chi connectivity index (χ0v) is 16.2. The normalized spacial score (nSPS) is 15.1. The predicted octanol–water partition coefficient (Wildman–Crippen LogP) is 2.12. The van der Waals surface area contributed by atoms with Gasteiger partial charge in [-0.3, -0.25) is 20.2 Å². The first-order valence-electron chi connectivity index (χ1n) is 9.53. The number of amidine groups is 1. The van der Waals surface area contributed by atoms with E-state index in [-0.39, 0.29) is 0 Å². The van der Waals surface area contributed by atoms with E-state index < -0.39 is 0 Å². The number of anilines is 1. The first-order valence-corrected chi connectivity index (χ1v) is 9.53. The zero-order valence-electron chi connectivity index (χ0n) is 16.2. The number of methoxy groups -OCH3 is 1. The van der Waals surface area contributed by atoms with Crippen molar-refractivity contribution in [1.82, 2.24) is 15.2 Å². The fourth-order valence-corrected chi connectivity index (χ4v) is 3.33. The second kappa shape index (κ2) is 10.3. The van der Waals surface area contributed by atoms with E-state index in [1.54, 1.807) is 13.3 Å². The number of hydrogen-bond donors (Lipinski definition) is 1. The molecule has 0 amide bonds. The topological polar surface area (TPSA) is 76.8 Å². The van der Waals surface area contributed by atoms with E-state index in [1.807, 2.05) is 36.5 Å².